The fraction of sp³-hybridized carbons (Fsp3) is 0.278. The standard InChI is InChI=1S/C18H18FN7O/c1-10(2)15-7-14(24-18-20-9-21-26(15)18)17(27)25(3)8-16-22-12-5-4-11(19)6-13(12)23-16/h4-7,9-10H,8H2,1-3H3,(H,22,23). The molecule has 0 atom stereocenters. The van der Waals surface area contributed by atoms with Crippen LogP contribution in [0.3, 0.4) is 0 Å². The number of benzene rings is 1. The lowest BCUT2D eigenvalue weighted by atomic mass is 10.1. The van der Waals surface area contributed by atoms with Crippen LogP contribution in [0.5, 0.6) is 0 Å². The number of carbonyl (C=O) groups is 1. The van der Waals surface area contributed by atoms with Gasteiger partial charge in [0, 0.05) is 7.05 Å². The van der Waals surface area contributed by atoms with Gasteiger partial charge in [-0.3, -0.25) is 4.79 Å². The van der Waals surface area contributed by atoms with Gasteiger partial charge in [-0.1, -0.05) is 13.8 Å². The highest BCUT2D eigenvalue weighted by atomic mass is 19.1. The highest BCUT2D eigenvalue weighted by Gasteiger charge is 2.19. The molecule has 0 radical (unpaired) electrons. The zero-order valence-corrected chi connectivity index (χ0v) is 15.1. The summed E-state index contributed by atoms with van der Waals surface area (Å²) in [6.45, 7) is 4.27. The maximum Gasteiger partial charge on any atom is 0.272 e. The summed E-state index contributed by atoms with van der Waals surface area (Å²) < 4.78 is 15.0. The van der Waals surface area contributed by atoms with Crippen LogP contribution < -0.4 is 0 Å². The van der Waals surface area contributed by atoms with Crippen molar-refractivity contribution in [1.82, 2.24) is 34.4 Å². The highest BCUT2D eigenvalue weighted by Crippen LogP contribution is 2.18. The normalized spacial score (nSPS) is 11.6. The Labute approximate surface area is 154 Å². The topological polar surface area (TPSA) is 92.1 Å². The number of H-pyrrole nitrogens is 1. The first kappa shape index (κ1) is 17.1. The fourth-order valence-electron chi connectivity index (χ4n) is 2.96. The van der Waals surface area contributed by atoms with Crippen molar-refractivity contribution in [2.75, 3.05) is 7.05 Å². The number of hydrogen-bond acceptors (Lipinski definition) is 5. The van der Waals surface area contributed by atoms with Gasteiger partial charge in [0.25, 0.3) is 11.7 Å². The van der Waals surface area contributed by atoms with E-state index in [1.165, 1.54) is 23.4 Å². The Hall–Kier alpha value is -3.36. The van der Waals surface area contributed by atoms with Crippen molar-refractivity contribution in [3.05, 3.63) is 53.6 Å². The SMILES string of the molecule is CC(C)c1cc(C(=O)N(C)Cc2nc3ccc(F)cc3[nH]2)nc2ncnn12. The zero-order valence-electron chi connectivity index (χ0n) is 15.1. The Morgan fingerprint density at radius 1 is 1.30 bits per heavy atom. The summed E-state index contributed by atoms with van der Waals surface area (Å²) in [6.07, 6.45) is 1.42. The van der Waals surface area contributed by atoms with E-state index < -0.39 is 0 Å². The Kier molecular flexibility index (Phi) is 4.06. The molecule has 4 rings (SSSR count). The second kappa shape index (κ2) is 6.42. The molecule has 9 heteroatoms. The van der Waals surface area contributed by atoms with E-state index in [9.17, 15) is 9.18 Å². The van der Waals surface area contributed by atoms with Crippen LogP contribution in [0.1, 0.15) is 41.8 Å². The lowest BCUT2D eigenvalue weighted by molar-refractivity contribution is 0.0776. The van der Waals surface area contributed by atoms with E-state index >= 15 is 0 Å². The van der Waals surface area contributed by atoms with Gasteiger partial charge in [0.05, 0.1) is 23.3 Å². The Morgan fingerprint density at radius 3 is 2.89 bits per heavy atom. The molecule has 0 aliphatic rings. The molecule has 8 nitrogen and oxygen atoms in total. The molecular formula is C18H18FN7O. The largest absolute Gasteiger partial charge is 0.340 e. The van der Waals surface area contributed by atoms with Crippen LogP contribution >= 0.6 is 0 Å². The molecule has 0 spiro atoms. The molecule has 0 aliphatic heterocycles. The van der Waals surface area contributed by atoms with Crippen LogP contribution in [0, 0.1) is 5.82 Å². The van der Waals surface area contributed by atoms with Crippen LogP contribution in [0.15, 0.2) is 30.6 Å². The van der Waals surface area contributed by atoms with Gasteiger partial charge in [0.15, 0.2) is 0 Å². The molecule has 0 saturated carbocycles. The summed E-state index contributed by atoms with van der Waals surface area (Å²) in [5.74, 6) is 0.513. The number of fused-ring (bicyclic) bond motifs is 2. The molecule has 3 aromatic heterocycles. The average molecular weight is 367 g/mol. The number of hydrogen-bond donors (Lipinski definition) is 1. The molecule has 0 aliphatic carbocycles. The molecule has 138 valence electrons. The summed E-state index contributed by atoms with van der Waals surface area (Å²) in [5.41, 5.74) is 2.39. The average Bonchev–Trinajstić information content (AvgIpc) is 3.25. The van der Waals surface area contributed by atoms with Gasteiger partial charge in [-0.05, 0) is 30.2 Å². The van der Waals surface area contributed by atoms with E-state index in [0.717, 1.165) is 5.69 Å². The van der Waals surface area contributed by atoms with Gasteiger partial charge in [-0.25, -0.2) is 18.9 Å². The lowest BCUT2D eigenvalue weighted by Gasteiger charge is -2.16. The van der Waals surface area contributed by atoms with E-state index in [0.29, 0.717) is 28.3 Å². The summed E-state index contributed by atoms with van der Waals surface area (Å²) in [4.78, 5) is 30.2. The first-order valence-electron chi connectivity index (χ1n) is 8.52. The molecule has 0 unspecified atom stereocenters. The van der Waals surface area contributed by atoms with E-state index in [4.69, 9.17) is 0 Å². The molecule has 4 aromatic rings. The maximum absolute atomic E-state index is 13.3. The van der Waals surface area contributed by atoms with Crippen molar-refractivity contribution >= 4 is 22.7 Å². The summed E-state index contributed by atoms with van der Waals surface area (Å²) >= 11 is 0. The third-order valence-electron chi connectivity index (χ3n) is 4.32. The van der Waals surface area contributed by atoms with E-state index in [2.05, 4.69) is 25.0 Å². The molecule has 0 bridgehead atoms. The smallest absolute Gasteiger partial charge is 0.272 e. The number of aromatic amines is 1. The number of carbonyl (C=O) groups excluding carboxylic acids is 1. The van der Waals surface area contributed by atoms with Gasteiger partial charge in [-0.15, -0.1) is 0 Å². The van der Waals surface area contributed by atoms with Crippen LogP contribution in [0.4, 0.5) is 4.39 Å². The number of rotatable bonds is 4. The number of aromatic nitrogens is 6. The second-order valence-electron chi connectivity index (χ2n) is 6.70. The monoisotopic (exact) mass is 367 g/mol. The van der Waals surface area contributed by atoms with Crippen LogP contribution in [-0.2, 0) is 6.54 Å². The van der Waals surface area contributed by atoms with E-state index in [-0.39, 0.29) is 24.2 Å². The van der Waals surface area contributed by atoms with Crippen molar-refractivity contribution in [2.24, 2.45) is 0 Å². The fourth-order valence-corrected chi connectivity index (χ4v) is 2.96. The van der Waals surface area contributed by atoms with Crippen LogP contribution in [0.2, 0.25) is 0 Å². The second-order valence-corrected chi connectivity index (χ2v) is 6.70. The minimum atomic E-state index is -0.339. The van der Waals surface area contributed by atoms with Gasteiger partial charge in [0.1, 0.15) is 23.7 Å². The maximum atomic E-state index is 13.3. The molecule has 27 heavy (non-hydrogen) atoms. The minimum Gasteiger partial charge on any atom is -0.340 e. The van der Waals surface area contributed by atoms with Gasteiger partial charge < -0.3 is 9.88 Å². The third kappa shape index (κ3) is 3.12. The third-order valence-corrected chi connectivity index (χ3v) is 4.32. The van der Waals surface area contributed by atoms with E-state index in [1.54, 1.807) is 23.7 Å². The minimum absolute atomic E-state index is 0.152. The molecule has 1 aromatic carbocycles. The number of amides is 1. The van der Waals surface area contributed by atoms with Crippen molar-refractivity contribution in [1.29, 1.82) is 0 Å². The number of nitrogens with one attached hydrogen (secondary N) is 1. The molecular weight excluding hydrogens is 349 g/mol. The van der Waals surface area contributed by atoms with Crippen molar-refractivity contribution in [2.45, 2.75) is 26.3 Å². The highest BCUT2D eigenvalue weighted by molar-refractivity contribution is 5.92. The quantitative estimate of drug-likeness (QED) is 0.598. The first-order chi connectivity index (χ1) is 12.9. The molecule has 0 fully saturated rings. The Bertz CT molecular complexity index is 1150. The van der Waals surface area contributed by atoms with Crippen molar-refractivity contribution in [3.8, 4) is 0 Å². The van der Waals surface area contributed by atoms with Crippen LogP contribution in [-0.4, -0.2) is 47.4 Å². The van der Waals surface area contributed by atoms with Gasteiger partial charge in [-0.2, -0.15) is 10.1 Å². The molecule has 3 heterocycles. The van der Waals surface area contributed by atoms with Gasteiger partial charge in [0.2, 0.25) is 0 Å². The Balaban J connectivity index is 1.62. The van der Waals surface area contributed by atoms with E-state index in [1.807, 2.05) is 13.8 Å². The number of halogens is 1. The molecule has 1 amide bonds. The molecule has 0 saturated heterocycles. The van der Waals surface area contributed by atoms with Crippen LogP contribution in [0.25, 0.3) is 16.8 Å². The summed E-state index contributed by atoms with van der Waals surface area (Å²) in [6, 6.07) is 6.07. The summed E-state index contributed by atoms with van der Waals surface area (Å²) in [7, 11) is 1.67. The predicted octanol–water partition coefficient (Wildman–Crippen LogP) is 2.54. The molecule has 1 N–H and O–H groups in total. The Morgan fingerprint density at radius 2 is 2.11 bits per heavy atom. The predicted molar refractivity (Wildman–Crippen MR) is 96.7 cm³/mol. The first-order valence-corrected chi connectivity index (χ1v) is 8.52. The van der Waals surface area contributed by atoms with Crippen molar-refractivity contribution in [3.63, 3.8) is 0 Å². The number of imidazole rings is 1. The summed E-state index contributed by atoms with van der Waals surface area (Å²) in [5, 5.41) is 4.16. The van der Waals surface area contributed by atoms with Gasteiger partial charge >= 0.3 is 0 Å². The zero-order chi connectivity index (χ0) is 19.1. The lowest BCUT2D eigenvalue weighted by Crippen LogP contribution is -2.28. The number of nitrogens with zero attached hydrogens (tertiary/aromatic N) is 6. The van der Waals surface area contributed by atoms with Crippen molar-refractivity contribution < 1.29 is 9.18 Å².